The number of carbonyl (C=O) groups is 3. The maximum absolute atomic E-state index is 12.9. The lowest BCUT2D eigenvalue weighted by atomic mass is 10.0. The number of carbonyl (C=O) groups excluding carboxylic acids is 3. The van der Waals surface area contributed by atoms with E-state index in [1.807, 2.05) is 0 Å². The van der Waals surface area contributed by atoms with Gasteiger partial charge in [0.15, 0.2) is 6.10 Å². The first-order chi connectivity index (χ1) is 37.5. The monoisotopic (exact) mass is 1070 g/mol. The van der Waals surface area contributed by atoms with Crippen molar-refractivity contribution in [2.45, 2.75) is 380 Å². The lowest BCUT2D eigenvalue weighted by Crippen LogP contribution is -2.30. The molecule has 0 aliphatic heterocycles. The second kappa shape index (κ2) is 65.2. The van der Waals surface area contributed by atoms with Crippen LogP contribution in [-0.2, 0) is 28.6 Å². The molecule has 0 rings (SSSR count). The van der Waals surface area contributed by atoms with E-state index in [2.05, 4.69) is 57.2 Å². The van der Waals surface area contributed by atoms with Crippen LogP contribution in [0.15, 0.2) is 36.5 Å². The van der Waals surface area contributed by atoms with Crippen LogP contribution < -0.4 is 0 Å². The highest BCUT2D eigenvalue weighted by atomic mass is 16.6. The van der Waals surface area contributed by atoms with E-state index in [1.165, 1.54) is 250 Å². The van der Waals surface area contributed by atoms with Crippen LogP contribution in [-0.4, -0.2) is 37.2 Å². The summed E-state index contributed by atoms with van der Waals surface area (Å²) >= 11 is 0. The van der Waals surface area contributed by atoms with Crippen molar-refractivity contribution in [1.29, 1.82) is 0 Å². The van der Waals surface area contributed by atoms with Gasteiger partial charge in [-0.25, -0.2) is 0 Å². The molecule has 76 heavy (non-hydrogen) atoms. The molecule has 0 amide bonds. The molecule has 446 valence electrons. The van der Waals surface area contributed by atoms with Crippen molar-refractivity contribution < 1.29 is 28.6 Å². The van der Waals surface area contributed by atoms with E-state index in [0.717, 1.165) is 83.5 Å². The second-order valence-corrected chi connectivity index (χ2v) is 23.1. The Bertz CT molecular complexity index is 1270. The van der Waals surface area contributed by atoms with Gasteiger partial charge in [-0.05, 0) is 51.4 Å². The Morgan fingerprint density at radius 1 is 0.276 bits per heavy atom. The summed E-state index contributed by atoms with van der Waals surface area (Å²) in [5.41, 5.74) is 0. The number of hydrogen-bond donors (Lipinski definition) is 0. The van der Waals surface area contributed by atoms with E-state index < -0.39 is 6.10 Å². The van der Waals surface area contributed by atoms with Gasteiger partial charge in [-0.3, -0.25) is 14.4 Å². The Hall–Kier alpha value is -2.37. The topological polar surface area (TPSA) is 78.9 Å². The molecule has 0 aromatic carbocycles. The highest BCUT2D eigenvalue weighted by molar-refractivity contribution is 5.71. The van der Waals surface area contributed by atoms with Gasteiger partial charge in [0.2, 0.25) is 0 Å². The van der Waals surface area contributed by atoms with Crippen molar-refractivity contribution in [3.05, 3.63) is 36.5 Å². The van der Waals surface area contributed by atoms with Crippen molar-refractivity contribution in [2.75, 3.05) is 13.2 Å². The summed E-state index contributed by atoms with van der Waals surface area (Å²) in [4.78, 5) is 38.4. The fourth-order valence-corrected chi connectivity index (χ4v) is 10.3. The molecular formula is C70H130O6. The average Bonchev–Trinajstić information content (AvgIpc) is 3.42. The van der Waals surface area contributed by atoms with Crippen molar-refractivity contribution >= 4 is 17.9 Å². The molecule has 0 heterocycles. The van der Waals surface area contributed by atoms with Gasteiger partial charge < -0.3 is 14.2 Å². The van der Waals surface area contributed by atoms with E-state index in [0.29, 0.717) is 19.3 Å². The van der Waals surface area contributed by atoms with Gasteiger partial charge in [0.1, 0.15) is 13.2 Å². The molecule has 1 atom stereocenters. The van der Waals surface area contributed by atoms with Gasteiger partial charge >= 0.3 is 17.9 Å². The molecule has 0 fully saturated rings. The maximum atomic E-state index is 12.9. The molecule has 0 bridgehead atoms. The van der Waals surface area contributed by atoms with Crippen LogP contribution in [0.4, 0.5) is 0 Å². The molecule has 0 saturated heterocycles. The highest BCUT2D eigenvalue weighted by Crippen LogP contribution is 2.19. The Kier molecular flexibility index (Phi) is 63.1. The largest absolute Gasteiger partial charge is 0.462 e. The summed E-state index contributed by atoms with van der Waals surface area (Å²) in [6, 6.07) is 0. The third kappa shape index (κ3) is 62.5. The summed E-state index contributed by atoms with van der Waals surface area (Å²) in [7, 11) is 0. The van der Waals surface area contributed by atoms with Gasteiger partial charge in [0.05, 0.1) is 0 Å². The normalized spacial score (nSPS) is 12.2. The van der Waals surface area contributed by atoms with E-state index in [9.17, 15) is 14.4 Å². The zero-order chi connectivity index (χ0) is 55.0. The van der Waals surface area contributed by atoms with Crippen LogP contribution in [0.2, 0.25) is 0 Å². The number of allylic oxidation sites excluding steroid dienone is 6. The molecule has 0 spiro atoms. The van der Waals surface area contributed by atoms with E-state index in [4.69, 9.17) is 14.2 Å². The molecular weight excluding hydrogens is 937 g/mol. The number of hydrogen-bond acceptors (Lipinski definition) is 6. The Balaban J connectivity index is 4.27. The Morgan fingerprint density at radius 3 is 0.803 bits per heavy atom. The lowest BCUT2D eigenvalue weighted by molar-refractivity contribution is -0.167. The number of unbranched alkanes of at least 4 members (excludes halogenated alkanes) is 46. The summed E-state index contributed by atoms with van der Waals surface area (Å²) in [6.45, 7) is 6.60. The third-order valence-electron chi connectivity index (χ3n) is 15.4. The number of ether oxygens (including phenoxy) is 3. The molecule has 0 aliphatic carbocycles. The minimum atomic E-state index is -0.775. The van der Waals surface area contributed by atoms with Crippen LogP contribution in [0, 0.1) is 0 Å². The number of esters is 3. The first-order valence-electron chi connectivity index (χ1n) is 34.0. The molecule has 0 saturated carbocycles. The van der Waals surface area contributed by atoms with Gasteiger partial charge in [-0.1, -0.05) is 340 Å². The highest BCUT2D eigenvalue weighted by Gasteiger charge is 2.19. The van der Waals surface area contributed by atoms with Crippen LogP contribution in [0.5, 0.6) is 0 Å². The van der Waals surface area contributed by atoms with Crippen molar-refractivity contribution in [2.24, 2.45) is 0 Å². The van der Waals surface area contributed by atoms with Crippen molar-refractivity contribution in [3.63, 3.8) is 0 Å². The average molecular weight is 1070 g/mol. The summed E-state index contributed by atoms with van der Waals surface area (Å²) in [5, 5.41) is 0. The number of rotatable bonds is 63. The predicted octanol–water partition coefficient (Wildman–Crippen LogP) is 23.2. The first-order valence-corrected chi connectivity index (χ1v) is 34.0. The predicted molar refractivity (Wildman–Crippen MR) is 330 cm³/mol. The first kappa shape index (κ1) is 73.6. The summed E-state index contributed by atoms with van der Waals surface area (Å²) < 4.78 is 17.0. The Labute approximate surface area is 474 Å². The van der Waals surface area contributed by atoms with Crippen molar-refractivity contribution in [3.8, 4) is 0 Å². The summed E-state index contributed by atoms with van der Waals surface area (Å²) in [5.74, 6) is -0.851. The maximum Gasteiger partial charge on any atom is 0.306 e. The molecule has 0 radical (unpaired) electrons. The molecule has 0 aromatic rings. The van der Waals surface area contributed by atoms with Gasteiger partial charge in [-0.15, -0.1) is 0 Å². The zero-order valence-corrected chi connectivity index (χ0v) is 51.3. The fraction of sp³-hybridized carbons (Fsp3) is 0.871. The SMILES string of the molecule is CC/C=C\C/C=C\C/C=C\CCCCCCCCCC(=O)OC(COC(=O)CCCCCCCCCCCCCCCCCCC)COC(=O)CCCCCCCCCCCCCCCCCCCCCCCCCC. The summed E-state index contributed by atoms with van der Waals surface area (Å²) in [6.07, 6.45) is 80.2. The minimum Gasteiger partial charge on any atom is -0.462 e. The van der Waals surface area contributed by atoms with Crippen LogP contribution >= 0.6 is 0 Å². The molecule has 0 aliphatic rings. The van der Waals surface area contributed by atoms with Gasteiger partial charge in [0, 0.05) is 19.3 Å². The van der Waals surface area contributed by atoms with Crippen molar-refractivity contribution in [1.82, 2.24) is 0 Å². The van der Waals surface area contributed by atoms with Crippen LogP contribution in [0.25, 0.3) is 0 Å². The van der Waals surface area contributed by atoms with E-state index >= 15 is 0 Å². The Morgan fingerprint density at radius 2 is 0.513 bits per heavy atom. The second-order valence-electron chi connectivity index (χ2n) is 23.1. The smallest absolute Gasteiger partial charge is 0.306 e. The van der Waals surface area contributed by atoms with Gasteiger partial charge in [0.25, 0.3) is 0 Å². The standard InChI is InChI=1S/C70H130O6/c1-4-7-10-13-16-19-22-25-28-31-32-33-34-35-36-37-40-42-45-48-51-54-57-60-63-69(72)75-66-67(76-70(73)64-61-58-55-52-49-46-43-39-30-27-24-21-18-15-12-9-6-3)65-74-68(71)62-59-56-53-50-47-44-41-38-29-26-23-20-17-14-11-8-5-2/h9,12,18,21,27,30,67H,4-8,10-11,13-17,19-20,22-26,28-29,31-66H2,1-3H3/b12-9-,21-18-,30-27-. The molecule has 0 aromatic heterocycles. The molecule has 0 N–H and O–H groups in total. The van der Waals surface area contributed by atoms with Crippen LogP contribution in [0.3, 0.4) is 0 Å². The molecule has 6 nitrogen and oxygen atoms in total. The molecule has 6 heteroatoms. The molecule has 1 unspecified atom stereocenters. The van der Waals surface area contributed by atoms with E-state index in [-0.39, 0.29) is 31.1 Å². The quantitative estimate of drug-likeness (QED) is 0.0261. The zero-order valence-electron chi connectivity index (χ0n) is 51.3. The third-order valence-corrected chi connectivity index (χ3v) is 15.4. The van der Waals surface area contributed by atoms with Crippen LogP contribution in [0.1, 0.15) is 374 Å². The minimum absolute atomic E-state index is 0.0705. The lowest BCUT2D eigenvalue weighted by Gasteiger charge is -2.18. The van der Waals surface area contributed by atoms with E-state index in [1.54, 1.807) is 0 Å². The van der Waals surface area contributed by atoms with Gasteiger partial charge in [-0.2, -0.15) is 0 Å². The fourth-order valence-electron chi connectivity index (χ4n) is 10.3.